The van der Waals surface area contributed by atoms with Crippen LogP contribution in [-0.4, -0.2) is 9.78 Å². The normalized spacial score (nSPS) is 10.8. The molecule has 3 nitrogen and oxygen atoms in total. The minimum atomic E-state index is 0.641. The molecule has 0 aliphatic heterocycles. The molecule has 0 unspecified atom stereocenters. The number of benzene rings is 2. The van der Waals surface area contributed by atoms with Crippen LogP contribution in [0.3, 0.4) is 0 Å². The lowest BCUT2D eigenvalue weighted by Crippen LogP contribution is -1.97. The molecular formula is C16H13BrClN3. The van der Waals surface area contributed by atoms with Crippen LogP contribution in [0.5, 0.6) is 0 Å². The molecule has 2 N–H and O–H groups in total. The zero-order chi connectivity index (χ0) is 15.0. The smallest absolute Gasteiger partial charge is 0.129 e. The maximum absolute atomic E-state index is 6.20. The second kappa shape index (κ2) is 5.54. The predicted molar refractivity (Wildman–Crippen MR) is 91.2 cm³/mol. The zero-order valence-corrected chi connectivity index (χ0v) is 13.7. The largest absolute Gasteiger partial charge is 0.383 e. The van der Waals surface area contributed by atoms with Crippen molar-refractivity contribution < 1.29 is 0 Å². The summed E-state index contributed by atoms with van der Waals surface area (Å²) in [6, 6.07) is 15.6. The number of aromatic nitrogens is 2. The Hall–Kier alpha value is -1.78. The fourth-order valence-corrected chi connectivity index (χ4v) is 2.64. The maximum atomic E-state index is 6.20. The first kappa shape index (κ1) is 14.2. The molecule has 2 aromatic carbocycles. The summed E-state index contributed by atoms with van der Waals surface area (Å²) >= 11 is 9.40. The summed E-state index contributed by atoms with van der Waals surface area (Å²) in [5.41, 5.74) is 10.0. The van der Waals surface area contributed by atoms with E-state index in [1.54, 1.807) is 4.68 Å². The van der Waals surface area contributed by atoms with Gasteiger partial charge in [-0.15, -0.1) is 0 Å². The first-order chi connectivity index (χ1) is 10.1. The van der Waals surface area contributed by atoms with Crippen molar-refractivity contribution in [2.24, 2.45) is 7.05 Å². The first-order valence-corrected chi connectivity index (χ1v) is 7.57. The molecule has 0 spiro atoms. The zero-order valence-electron chi connectivity index (χ0n) is 11.3. The number of rotatable bonds is 2. The summed E-state index contributed by atoms with van der Waals surface area (Å²) in [7, 11) is 1.84. The molecule has 106 valence electrons. The third kappa shape index (κ3) is 2.69. The van der Waals surface area contributed by atoms with Crippen molar-refractivity contribution in [1.29, 1.82) is 0 Å². The van der Waals surface area contributed by atoms with Gasteiger partial charge < -0.3 is 5.73 Å². The summed E-state index contributed by atoms with van der Waals surface area (Å²) in [4.78, 5) is 0. The summed E-state index contributed by atoms with van der Waals surface area (Å²) in [5.74, 6) is 0.641. The monoisotopic (exact) mass is 361 g/mol. The van der Waals surface area contributed by atoms with Gasteiger partial charge in [-0.2, -0.15) is 5.10 Å². The fourth-order valence-electron chi connectivity index (χ4n) is 2.25. The second-order valence-corrected chi connectivity index (χ2v) is 6.10. The molecule has 0 saturated carbocycles. The van der Waals surface area contributed by atoms with Gasteiger partial charge in [0.2, 0.25) is 0 Å². The van der Waals surface area contributed by atoms with Gasteiger partial charge in [-0.1, -0.05) is 51.8 Å². The third-order valence-electron chi connectivity index (χ3n) is 3.34. The number of nitrogen functional groups attached to an aromatic ring is 1. The van der Waals surface area contributed by atoms with Crippen LogP contribution in [0.1, 0.15) is 0 Å². The quantitative estimate of drug-likeness (QED) is 0.715. The standard InChI is InChI=1S/C16H13BrClN3/c1-21-16(19)14(10-2-6-12(17)7-3-10)15(20-21)11-4-8-13(18)9-5-11/h2-9H,19H2,1H3. The number of nitrogens with two attached hydrogens (primary N) is 1. The molecule has 0 fully saturated rings. The van der Waals surface area contributed by atoms with Gasteiger partial charge >= 0.3 is 0 Å². The number of aryl methyl sites for hydroxylation is 1. The molecule has 0 bridgehead atoms. The van der Waals surface area contributed by atoms with Gasteiger partial charge in [-0.05, 0) is 29.8 Å². The van der Waals surface area contributed by atoms with E-state index in [1.807, 2.05) is 55.6 Å². The molecule has 3 rings (SSSR count). The summed E-state index contributed by atoms with van der Waals surface area (Å²) in [6.45, 7) is 0. The summed E-state index contributed by atoms with van der Waals surface area (Å²) in [6.07, 6.45) is 0. The van der Waals surface area contributed by atoms with Crippen molar-refractivity contribution >= 4 is 33.3 Å². The Morgan fingerprint density at radius 3 is 2.19 bits per heavy atom. The van der Waals surface area contributed by atoms with E-state index in [-0.39, 0.29) is 0 Å². The topological polar surface area (TPSA) is 43.8 Å². The lowest BCUT2D eigenvalue weighted by atomic mass is 10.0. The molecule has 5 heteroatoms. The van der Waals surface area contributed by atoms with Gasteiger partial charge in [-0.3, -0.25) is 4.68 Å². The highest BCUT2D eigenvalue weighted by Gasteiger charge is 2.17. The molecule has 0 amide bonds. The highest BCUT2D eigenvalue weighted by atomic mass is 79.9. The van der Waals surface area contributed by atoms with Crippen LogP contribution < -0.4 is 5.73 Å². The van der Waals surface area contributed by atoms with E-state index < -0.39 is 0 Å². The number of halogens is 2. The molecule has 1 heterocycles. The molecule has 1 aromatic heterocycles. The van der Waals surface area contributed by atoms with Crippen molar-refractivity contribution in [2.75, 3.05) is 5.73 Å². The Bertz CT molecular complexity index is 777. The van der Waals surface area contributed by atoms with E-state index in [1.165, 1.54) is 0 Å². The lowest BCUT2D eigenvalue weighted by Gasteiger charge is -2.05. The number of hydrogen-bond donors (Lipinski definition) is 1. The Labute approximate surface area is 136 Å². The Balaban J connectivity index is 2.20. The van der Waals surface area contributed by atoms with Crippen molar-refractivity contribution in [1.82, 2.24) is 9.78 Å². The van der Waals surface area contributed by atoms with Crippen LogP contribution in [0.4, 0.5) is 5.82 Å². The van der Waals surface area contributed by atoms with Crippen LogP contribution in [0, 0.1) is 0 Å². The Morgan fingerprint density at radius 1 is 1.00 bits per heavy atom. The number of anilines is 1. The molecule has 21 heavy (non-hydrogen) atoms. The average Bonchev–Trinajstić information content (AvgIpc) is 2.77. The molecule has 0 aliphatic rings. The Kier molecular flexibility index (Phi) is 3.74. The SMILES string of the molecule is Cn1nc(-c2ccc(Cl)cc2)c(-c2ccc(Br)cc2)c1N. The maximum Gasteiger partial charge on any atom is 0.129 e. The van der Waals surface area contributed by atoms with E-state index >= 15 is 0 Å². The average molecular weight is 363 g/mol. The molecule has 0 atom stereocenters. The van der Waals surface area contributed by atoms with E-state index in [0.29, 0.717) is 10.8 Å². The van der Waals surface area contributed by atoms with Crippen molar-refractivity contribution in [2.45, 2.75) is 0 Å². The molecule has 0 saturated heterocycles. The lowest BCUT2D eigenvalue weighted by molar-refractivity contribution is 0.782. The van der Waals surface area contributed by atoms with E-state index in [4.69, 9.17) is 17.3 Å². The van der Waals surface area contributed by atoms with E-state index in [2.05, 4.69) is 21.0 Å². The van der Waals surface area contributed by atoms with Gasteiger partial charge in [0, 0.05) is 22.1 Å². The van der Waals surface area contributed by atoms with Gasteiger partial charge in [0.1, 0.15) is 11.5 Å². The van der Waals surface area contributed by atoms with Crippen LogP contribution in [0.15, 0.2) is 53.0 Å². The first-order valence-electron chi connectivity index (χ1n) is 6.40. The van der Waals surface area contributed by atoms with Crippen molar-refractivity contribution in [3.63, 3.8) is 0 Å². The van der Waals surface area contributed by atoms with Gasteiger partial charge in [-0.25, -0.2) is 0 Å². The van der Waals surface area contributed by atoms with Crippen molar-refractivity contribution in [3.8, 4) is 22.4 Å². The fraction of sp³-hybridized carbons (Fsp3) is 0.0625. The molecular weight excluding hydrogens is 350 g/mol. The predicted octanol–water partition coefficient (Wildman–Crippen LogP) is 4.75. The van der Waals surface area contributed by atoms with E-state index in [0.717, 1.165) is 26.9 Å². The van der Waals surface area contributed by atoms with Gasteiger partial charge in [0.15, 0.2) is 0 Å². The van der Waals surface area contributed by atoms with E-state index in [9.17, 15) is 0 Å². The minimum absolute atomic E-state index is 0.641. The summed E-state index contributed by atoms with van der Waals surface area (Å²) in [5, 5.41) is 5.25. The van der Waals surface area contributed by atoms with Crippen LogP contribution in [-0.2, 0) is 7.05 Å². The molecule has 0 aliphatic carbocycles. The van der Waals surface area contributed by atoms with Crippen LogP contribution in [0.25, 0.3) is 22.4 Å². The second-order valence-electron chi connectivity index (χ2n) is 4.75. The third-order valence-corrected chi connectivity index (χ3v) is 4.12. The van der Waals surface area contributed by atoms with Crippen LogP contribution >= 0.6 is 27.5 Å². The number of nitrogens with zero attached hydrogens (tertiary/aromatic N) is 2. The highest BCUT2D eigenvalue weighted by Crippen LogP contribution is 2.36. The van der Waals surface area contributed by atoms with Gasteiger partial charge in [0.25, 0.3) is 0 Å². The Morgan fingerprint density at radius 2 is 1.57 bits per heavy atom. The molecule has 0 radical (unpaired) electrons. The molecule has 3 aromatic rings. The minimum Gasteiger partial charge on any atom is -0.383 e. The van der Waals surface area contributed by atoms with Gasteiger partial charge in [0.05, 0.1) is 5.56 Å². The highest BCUT2D eigenvalue weighted by molar-refractivity contribution is 9.10. The number of hydrogen-bond acceptors (Lipinski definition) is 2. The van der Waals surface area contributed by atoms with Crippen molar-refractivity contribution in [3.05, 3.63) is 58.0 Å². The van der Waals surface area contributed by atoms with Crippen LogP contribution in [0.2, 0.25) is 5.02 Å². The summed E-state index contributed by atoms with van der Waals surface area (Å²) < 4.78 is 2.73.